The van der Waals surface area contributed by atoms with Gasteiger partial charge in [-0.1, -0.05) is 23.7 Å². The number of sulfonamides is 1. The first-order valence-electron chi connectivity index (χ1n) is 7.99. The van der Waals surface area contributed by atoms with E-state index in [1.807, 2.05) is 0 Å². The number of hydrogen-bond acceptors (Lipinski definition) is 6. The molecule has 1 heterocycles. The number of halogens is 1. The summed E-state index contributed by atoms with van der Waals surface area (Å²) in [7, 11) is -3.62. The Morgan fingerprint density at radius 1 is 1.11 bits per heavy atom. The van der Waals surface area contributed by atoms with Gasteiger partial charge >= 0.3 is 0 Å². The molecule has 0 bridgehead atoms. The van der Waals surface area contributed by atoms with Gasteiger partial charge in [0, 0.05) is 5.02 Å². The van der Waals surface area contributed by atoms with Crippen molar-refractivity contribution in [2.24, 2.45) is 0 Å². The largest absolute Gasteiger partial charge is 0.485 e. The molecule has 0 spiro atoms. The molecule has 0 radical (unpaired) electrons. The van der Waals surface area contributed by atoms with E-state index < -0.39 is 27.9 Å². The van der Waals surface area contributed by atoms with Gasteiger partial charge in [-0.15, -0.1) is 0 Å². The average Bonchev–Trinajstić information content (AvgIpc) is 2.65. The van der Waals surface area contributed by atoms with Crippen LogP contribution in [-0.4, -0.2) is 39.2 Å². The van der Waals surface area contributed by atoms with Crippen molar-refractivity contribution in [1.29, 1.82) is 0 Å². The van der Waals surface area contributed by atoms with Gasteiger partial charge in [0.2, 0.25) is 16.1 Å². The van der Waals surface area contributed by atoms with Gasteiger partial charge in [-0.05, 0) is 30.3 Å². The molecule has 11 heteroatoms. The third-order valence-corrected chi connectivity index (χ3v) is 4.45. The number of rotatable bonds is 4. The third kappa shape index (κ3) is 4.84. The van der Waals surface area contributed by atoms with E-state index in [1.165, 1.54) is 18.2 Å². The van der Waals surface area contributed by atoms with Crippen LogP contribution in [0.15, 0.2) is 42.5 Å². The first-order chi connectivity index (χ1) is 13.2. The number of fused-ring (bicyclic) bond motifs is 1. The summed E-state index contributed by atoms with van der Waals surface area (Å²) >= 11 is 5.88. The van der Waals surface area contributed by atoms with Crippen LogP contribution in [0.4, 0.5) is 5.69 Å². The van der Waals surface area contributed by atoms with Crippen LogP contribution in [0.5, 0.6) is 11.5 Å². The molecule has 1 aliphatic heterocycles. The Kier molecular flexibility index (Phi) is 5.61. The van der Waals surface area contributed by atoms with E-state index in [0.29, 0.717) is 11.5 Å². The molecule has 3 N–H and O–H groups in total. The van der Waals surface area contributed by atoms with E-state index in [2.05, 4.69) is 15.6 Å². The summed E-state index contributed by atoms with van der Waals surface area (Å²) in [6.45, 7) is -0.0310. The van der Waals surface area contributed by atoms with Crippen LogP contribution < -0.4 is 25.0 Å². The molecule has 0 saturated carbocycles. The normalized spacial score (nSPS) is 15.4. The van der Waals surface area contributed by atoms with Gasteiger partial charge in [0.15, 0.2) is 11.5 Å². The molecule has 2 amide bonds. The fourth-order valence-electron chi connectivity index (χ4n) is 2.41. The molecule has 3 rings (SSSR count). The fourth-order valence-corrected chi connectivity index (χ4v) is 3.16. The first kappa shape index (κ1) is 19.8. The van der Waals surface area contributed by atoms with Crippen molar-refractivity contribution in [3.63, 3.8) is 0 Å². The Morgan fingerprint density at radius 2 is 1.82 bits per heavy atom. The zero-order valence-electron chi connectivity index (χ0n) is 14.6. The number of amides is 2. The molecule has 2 aromatic rings. The van der Waals surface area contributed by atoms with Gasteiger partial charge in [0.05, 0.1) is 17.5 Å². The number of carbonyl (C=O) groups excluding carboxylic acids is 2. The highest BCUT2D eigenvalue weighted by atomic mass is 35.5. The lowest BCUT2D eigenvalue weighted by atomic mass is 10.2. The summed E-state index contributed by atoms with van der Waals surface area (Å²) in [5.41, 5.74) is 4.39. The van der Waals surface area contributed by atoms with Gasteiger partial charge in [0.1, 0.15) is 6.61 Å². The lowest BCUT2D eigenvalue weighted by Crippen LogP contribution is -2.50. The molecule has 0 aromatic heterocycles. The molecule has 0 fully saturated rings. The molecule has 1 unspecified atom stereocenters. The predicted octanol–water partition coefficient (Wildman–Crippen LogP) is 1.31. The molecule has 1 aliphatic rings. The minimum atomic E-state index is -3.62. The van der Waals surface area contributed by atoms with Crippen LogP contribution >= 0.6 is 11.6 Å². The Bertz CT molecular complexity index is 1030. The summed E-state index contributed by atoms with van der Waals surface area (Å²) in [5, 5.41) is 0.219. The van der Waals surface area contributed by atoms with Crippen LogP contribution in [0.25, 0.3) is 0 Å². The van der Waals surface area contributed by atoms with Crippen molar-refractivity contribution >= 4 is 39.1 Å². The second kappa shape index (κ2) is 7.95. The second-order valence-corrected chi connectivity index (χ2v) is 8.06. The van der Waals surface area contributed by atoms with Crippen molar-refractivity contribution in [3.05, 3.63) is 53.1 Å². The summed E-state index contributed by atoms with van der Waals surface area (Å²) in [6.07, 6.45) is -0.0215. The maximum absolute atomic E-state index is 12.4. The van der Waals surface area contributed by atoms with Gasteiger partial charge in [-0.3, -0.25) is 25.2 Å². The minimum Gasteiger partial charge on any atom is -0.485 e. The zero-order valence-corrected chi connectivity index (χ0v) is 16.1. The fraction of sp³-hybridized carbons (Fsp3) is 0.176. The van der Waals surface area contributed by atoms with E-state index in [4.69, 9.17) is 21.1 Å². The summed E-state index contributed by atoms with van der Waals surface area (Å²) in [6, 6.07) is 10.9. The maximum atomic E-state index is 12.4. The number of ether oxygens (including phenoxy) is 2. The molecule has 0 aliphatic carbocycles. The van der Waals surface area contributed by atoms with Crippen molar-refractivity contribution in [2.45, 2.75) is 6.10 Å². The Labute approximate surface area is 166 Å². The number of hydrazine groups is 1. The Hall–Kier alpha value is -2.98. The smallest absolute Gasteiger partial charge is 0.283 e. The van der Waals surface area contributed by atoms with Crippen LogP contribution in [0.2, 0.25) is 5.02 Å². The number of carbonyl (C=O) groups is 2. The highest BCUT2D eigenvalue weighted by molar-refractivity contribution is 7.92. The molecular weight excluding hydrogens is 410 g/mol. The summed E-state index contributed by atoms with van der Waals surface area (Å²) < 4.78 is 36.1. The number of nitrogens with one attached hydrogen (secondary N) is 3. The van der Waals surface area contributed by atoms with Crippen molar-refractivity contribution in [1.82, 2.24) is 10.9 Å². The van der Waals surface area contributed by atoms with Gasteiger partial charge in [-0.2, -0.15) is 0 Å². The Balaban J connectivity index is 1.66. The van der Waals surface area contributed by atoms with Crippen molar-refractivity contribution < 1.29 is 27.5 Å². The number of anilines is 1. The highest BCUT2D eigenvalue weighted by Crippen LogP contribution is 2.30. The predicted molar refractivity (Wildman–Crippen MR) is 102 cm³/mol. The molecular formula is C17H16ClN3O6S. The molecule has 28 heavy (non-hydrogen) atoms. The molecule has 9 nitrogen and oxygen atoms in total. The molecule has 148 valence electrons. The number of hydrogen-bond donors (Lipinski definition) is 3. The monoisotopic (exact) mass is 425 g/mol. The quantitative estimate of drug-likeness (QED) is 0.635. The lowest BCUT2D eigenvalue weighted by molar-refractivity contribution is -0.131. The average molecular weight is 426 g/mol. The van der Waals surface area contributed by atoms with E-state index in [9.17, 15) is 18.0 Å². The van der Waals surface area contributed by atoms with E-state index in [1.54, 1.807) is 24.3 Å². The summed E-state index contributed by atoms with van der Waals surface area (Å²) in [5.74, 6) is -0.470. The van der Waals surface area contributed by atoms with Crippen LogP contribution in [0.3, 0.4) is 0 Å². The third-order valence-electron chi connectivity index (χ3n) is 3.62. The number of benzene rings is 2. The molecule has 0 saturated heterocycles. The maximum Gasteiger partial charge on any atom is 0.283 e. The van der Waals surface area contributed by atoms with E-state index >= 15 is 0 Å². The van der Waals surface area contributed by atoms with Gasteiger partial charge in [0.25, 0.3) is 11.8 Å². The van der Waals surface area contributed by atoms with Gasteiger partial charge < -0.3 is 9.47 Å². The highest BCUT2D eigenvalue weighted by Gasteiger charge is 2.27. The van der Waals surface area contributed by atoms with Crippen molar-refractivity contribution in [3.8, 4) is 11.5 Å². The topological polar surface area (TPSA) is 123 Å². The SMILES string of the molecule is CS(=O)(=O)Nc1ccc(Cl)cc1C(=O)NNC(=O)C1COc2ccccc2O1. The summed E-state index contributed by atoms with van der Waals surface area (Å²) in [4.78, 5) is 24.7. The van der Waals surface area contributed by atoms with Crippen LogP contribution in [0, 0.1) is 0 Å². The number of para-hydroxylation sites is 2. The first-order valence-corrected chi connectivity index (χ1v) is 10.3. The van der Waals surface area contributed by atoms with Crippen LogP contribution in [-0.2, 0) is 14.8 Å². The Morgan fingerprint density at radius 3 is 2.54 bits per heavy atom. The lowest BCUT2D eigenvalue weighted by Gasteiger charge is -2.25. The zero-order chi connectivity index (χ0) is 20.3. The second-order valence-electron chi connectivity index (χ2n) is 5.87. The molecule has 2 aromatic carbocycles. The minimum absolute atomic E-state index is 0.0184. The van der Waals surface area contributed by atoms with E-state index in [-0.39, 0.29) is 22.9 Å². The van der Waals surface area contributed by atoms with Crippen LogP contribution in [0.1, 0.15) is 10.4 Å². The standard InChI is InChI=1S/C17H16ClN3O6S/c1-28(24,25)21-12-7-6-10(18)8-11(12)16(22)19-20-17(23)15-9-26-13-4-2-3-5-14(13)27-15/h2-8,15,21H,9H2,1H3,(H,19,22)(H,20,23). The van der Waals surface area contributed by atoms with E-state index in [0.717, 1.165) is 6.26 Å². The van der Waals surface area contributed by atoms with Crippen molar-refractivity contribution in [2.75, 3.05) is 17.6 Å². The van der Waals surface area contributed by atoms with Gasteiger partial charge in [-0.25, -0.2) is 8.42 Å². The molecule has 1 atom stereocenters.